The average molecular weight is 386 g/mol. The van der Waals surface area contributed by atoms with E-state index in [2.05, 4.69) is 0 Å². The number of benzene rings is 2. The molecule has 25 heavy (non-hydrogen) atoms. The van der Waals surface area contributed by atoms with Gasteiger partial charge in [0.1, 0.15) is 18.2 Å². The molecule has 5 nitrogen and oxygen atoms in total. The Hall–Kier alpha value is -2.12. The fourth-order valence-electron chi connectivity index (χ4n) is 2.07. The van der Waals surface area contributed by atoms with Gasteiger partial charge in [0.05, 0.1) is 16.5 Å². The molecule has 0 saturated heterocycles. The second-order valence-electron chi connectivity index (χ2n) is 5.45. The van der Waals surface area contributed by atoms with E-state index in [1.165, 1.54) is 47.4 Å². The largest absolute Gasteiger partial charge is 0.492 e. The minimum Gasteiger partial charge on any atom is -0.492 e. The highest BCUT2D eigenvalue weighted by molar-refractivity contribution is 7.90. The summed E-state index contributed by atoms with van der Waals surface area (Å²) >= 11 is 5.88. The molecular weight excluding hydrogens is 369 g/mol. The van der Waals surface area contributed by atoms with Crippen molar-refractivity contribution in [2.45, 2.75) is 4.90 Å². The first-order chi connectivity index (χ1) is 11.7. The van der Waals surface area contributed by atoms with Crippen LogP contribution in [0.15, 0.2) is 47.4 Å². The van der Waals surface area contributed by atoms with E-state index < -0.39 is 9.84 Å². The number of carbonyl (C=O) groups excluding carboxylic acids is 1. The standard InChI is InChI=1S/C17H17ClFNO4S/c1-20(9-10-24-14-6-4-13(19)5-7-14)17(21)12-3-8-15(18)16(11-12)25(2,22)23/h3-8,11H,9-10H2,1-2H3. The first-order valence-corrected chi connectivity index (χ1v) is 9.59. The molecular formula is C17H17ClFNO4S. The highest BCUT2D eigenvalue weighted by Gasteiger charge is 2.18. The molecule has 0 saturated carbocycles. The van der Waals surface area contributed by atoms with E-state index in [-0.39, 0.29) is 40.4 Å². The van der Waals surface area contributed by atoms with Crippen molar-refractivity contribution in [2.75, 3.05) is 26.5 Å². The van der Waals surface area contributed by atoms with Crippen LogP contribution in [0.4, 0.5) is 4.39 Å². The van der Waals surface area contributed by atoms with Crippen molar-refractivity contribution in [3.63, 3.8) is 0 Å². The maximum Gasteiger partial charge on any atom is 0.253 e. The van der Waals surface area contributed by atoms with Crippen LogP contribution < -0.4 is 4.74 Å². The Labute approximate surface area is 150 Å². The normalized spacial score (nSPS) is 11.2. The lowest BCUT2D eigenvalue weighted by Crippen LogP contribution is -2.31. The molecule has 0 spiro atoms. The molecule has 0 fully saturated rings. The minimum absolute atomic E-state index is 0.0707. The summed E-state index contributed by atoms with van der Waals surface area (Å²) in [7, 11) is -1.96. The number of nitrogens with zero attached hydrogens (tertiary/aromatic N) is 1. The average Bonchev–Trinajstić information content (AvgIpc) is 2.55. The van der Waals surface area contributed by atoms with Crippen molar-refractivity contribution in [1.82, 2.24) is 4.90 Å². The number of ether oxygens (including phenoxy) is 1. The van der Waals surface area contributed by atoms with E-state index >= 15 is 0 Å². The van der Waals surface area contributed by atoms with Crippen LogP contribution in [0.2, 0.25) is 5.02 Å². The van der Waals surface area contributed by atoms with Crippen molar-refractivity contribution >= 4 is 27.3 Å². The summed E-state index contributed by atoms with van der Waals surface area (Å²) in [5.41, 5.74) is 0.217. The summed E-state index contributed by atoms with van der Waals surface area (Å²) in [6.45, 7) is 0.480. The predicted octanol–water partition coefficient (Wildman–Crippen LogP) is 3.03. The van der Waals surface area contributed by atoms with E-state index in [1.807, 2.05) is 0 Å². The van der Waals surface area contributed by atoms with Gasteiger partial charge in [0.25, 0.3) is 5.91 Å². The van der Waals surface area contributed by atoms with Gasteiger partial charge >= 0.3 is 0 Å². The molecule has 1 amide bonds. The third-order valence-corrected chi connectivity index (χ3v) is 5.01. The lowest BCUT2D eigenvalue weighted by atomic mass is 10.2. The van der Waals surface area contributed by atoms with Crippen molar-refractivity contribution in [1.29, 1.82) is 0 Å². The molecule has 2 aromatic rings. The van der Waals surface area contributed by atoms with Crippen molar-refractivity contribution in [3.05, 3.63) is 58.9 Å². The van der Waals surface area contributed by atoms with Gasteiger partial charge in [-0.15, -0.1) is 0 Å². The second kappa shape index (κ2) is 7.84. The zero-order chi connectivity index (χ0) is 18.6. The quantitative estimate of drug-likeness (QED) is 0.766. The van der Waals surface area contributed by atoms with Crippen LogP contribution in [0.1, 0.15) is 10.4 Å². The molecule has 0 atom stereocenters. The number of amides is 1. The first kappa shape index (κ1) is 19.2. The number of likely N-dealkylation sites (N-methyl/N-ethyl adjacent to an activating group) is 1. The molecule has 0 N–H and O–H groups in total. The number of halogens is 2. The molecule has 2 rings (SSSR count). The molecule has 134 valence electrons. The third-order valence-electron chi connectivity index (χ3n) is 3.43. The SMILES string of the molecule is CN(CCOc1ccc(F)cc1)C(=O)c1ccc(Cl)c(S(C)(=O)=O)c1. The number of hydrogen-bond donors (Lipinski definition) is 0. The molecule has 0 bridgehead atoms. The zero-order valence-corrected chi connectivity index (χ0v) is 15.3. The van der Waals surface area contributed by atoms with Crippen LogP contribution in [-0.2, 0) is 9.84 Å². The molecule has 8 heteroatoms. The first-order valence-electron chi connectivity index (χ1n) is 7.32. The fraction of sp³-hybridized carbons (Fsp3) is 0.235. The lowest BCUT2D eigenvalue weighted by Gasteiger charge is -2.18. The Morgan fingerprint density at radius 1 is 1.20 bits per heavy atom. The summed E-state index contributed by atoms with van der Waals surface area (Å²) < 4.78 is 41.6. The Kier molecular flexibility index (Phi) is 6.02. The predicted molar refractivity (Wildman–Crippen MR) is 93.4 cm³/mol. The highest BCUT2D eigenvalue weighted by atomic mass is 35.5. The summed E-state index contributed by atoms with van der Waals surface area (Å²) in [5.74, 6) is -0.221. The minimum atomic E-state index is -3.53. The lowest BCUT2D eigenvalue weighted by molar-refractivity contribution is 0.0773. The number of hydrogen-bond acceptors (Lipinski definition) is 4. The molecule has 0 heterocycles. The van der Waals surface area contributed by atoms with Gasteiger partial charge in [-0.05, 0) is 42.5 Å². The van der Waals surface area contributed by atoms with E-state index in [4.69, 9.17) is 16.3 Å². The van der Waals surface area contributed by atoms with E-state index in [0.29, 0.717) is 5.75 Å². The van der Waals surface area contributed by atoms with Gasteiger partial charge in [0.15, 0.2) is 9.84 Å². The Bertz CT molecular complexity index is 869. The molecule has 0 unspecified atom stereocenters. The van der Waals surface area contributed by atoms with E-state index in [9.17, 15) is 17.6 Å². The fourth-order valence-corrected chi connectivity index (χ4v) is 3.38. The third kappa shape index (κ3) is 5.17. The Morgan fingerprint density at radius 3 is 2.44 bits per heavy atom. The van der Waals surface area contributed by atoms with Crippen molar-refractivity contribution < 1.29 is 22.3 Å². The van der Waals surface area contributed by atoms with Crippen LogP contribution in [0.5, 0.6) is 5.75 Å². The number of sulfone groups is 1. The Balaban J connectivity index is 2.01. The van der Waals surface area contributed by atoms with Crippen molar-refractivity contribution in [3.8, 4) is 5.75 Å². The number of rotatable bonds is 6. The maximum atomic E-state index is 12.8. The highest BCUT2D eigenvalue weighted by Crippen LogP contribution is 2.23. The van der Waals surface area contributed by atoms with Gasteiger partial charge in [0, 0.05) is 18.9 Å². The summed E-state index contributed by atoms with van der Waals surface area (Å²) in [4.78, 5) is 13.7. The molecule has 0 aromatic heterocycles. The van der Waals surface area contributed by atoms with Crippen molar-refractivity contribution in [2.24, 2.45) is 0 Å². The topological polar surface area (TPSA) is 63.7 Å². The smallest absolute Gasteiger partial charge is 0.253 e. The number of carbonyl (C=O) groups is 1. The Morgan fingerprint density at radius 2 is 1.84 bits per heavy atom. The van der Waals surface area contributed by atoms with Crippen LogP contribution in [0.25, 0.3) is 0 Å². The monoisotopic (exact) mass is 385 g/mol. The summed E-state index contributed by atoms with van der Waals surface area (Å²) in [5, 5.41) is 0.0707. The van der Waals surface area contributed by atoms with Gasteiger partial charge in [-0.3, -0.25) is 4.79 Å². The summed E-state index contributed by atoms with van der Waals surface area (Å²) in [6, 6.07) is 9.67. The van der Waals surface area contributed by atoms with Gasteiger partial charge in [0.2, 0.25) is 0 Å². The van der Waals surface area contributed by atoms with Gasteiger partial charge < -0.3 is 9.64 Å². The van der Waals surface area contributed by atoms with Gasteiger partial charge in [-0.1, -0.05) is 11.6 Å². The van der Waals surface area contributed by atoms with Crippen LogP contribution >= 0.6 is 11.6 Å². The molecule has 2 aromatic carbocycles. The molecule has 0 aliphatic rings. The van der Waals surface area contributed by atoms with Crippen LogP contribution in [-0.4, -0.2) is 45.7 Å². The summed E-state index contributed by atoms with van der Waals surface area (Å²) in [6.07, 6.45) is 1.03. The maximum absolute atomic E-state index is 12.8. The second-order valence-corrected chi connectivity index (χ2v) is 7.84. The molecule has 0 radical (unpaired) electrons. The molecule has 0 aliphatic carbocycles. The van der Waals surface area contributed by atoms with Crippen LogP contribution in [0.3, 0.4) is 0 Å². The van der Waals surface area contributed by atoms with Gasteiger partial charge in [-0.2, -0.15) is 0 Å². The van der Waals surface area contributed by atoms with Crippen LogP contribution in [0, 0.1) is 5.82 Å². The molecule has 0 aliphatic heterocycles. The van der Waals surface area contributed by atoms with Gasteiger partial charge in [-0.25, -0.2) is 12.8 Å². The van der Waals surface area contributed by atoms with E-state index in [0.717, 1.165) is 6.26 Å². The van der Waals surface area contributed by atoms with E-state index in [1.54, 1.807) is 7.05 Å². The zero-order valence-electron chi connectivity index (χ0n) is 13.7.